The van der Waals surface area contributed by atoms with Gasteiger partial charge in [-0.25, -0.2) is 8.42 Å². The number of thiophene rings is 1. The van der Waals surface area contributed by atoms with Gasteiger partial charge in [-0.2, -0.15) is 0 Å². The summed E-state index contributed by atoms with van der Waals surface area (Å²) in [7, 11) is -3.48. The van der Waals surface area contributed by atoms with Crippen molar-refractivity contribution < 1.29 is 8.42 Å². The summed E-state index contributed by atoms with van der Waals surface area (Å²) in [6.45, 7) is 2.35. The molecule has 1 aliphatic heterocycles. The van der Waals surface area contributed by atoms with Gasteiger partial charge in [-0.15, -0.1) is 36.6 Å². The van der Waals surface area contributed by atoms with Gasteiger partial charge in [0, 0.05) is 6.54 Å². The lowest BCUT2D eigenvalue weighted by molar-refractivity contribution is 0.594. The van der Waals surface area contributed by atoms with E-state index in [4.69, 9.17) is 0 Å². The number of hydrogen-bond acceptors (Lipinski definition) is 6. The Morgan fingerprint density at radius 2 is 2.07 bits per heavy atom. The molecular formula is C7H8N2O2S4. The molecule has 2 rings (SSSR count). The van der Waals surface area contributed by atoms with E-state index in [1.807, 2.05) is 6.92 Å². The van der Waals surface area contributed by atoms with E-state index in [0.717, 1.165) is 0 Å². The SMILES string of the molecule is CCN=C1NS(=O)(=O)c2c(S)sc(S)c21. The van der Waals surface area contributed by atoms with Crippen LogP contribution in [0, 0.1) is 0 Å². The Morgan fingerprint density at radius 1 is 1.40 bits per heavy atom. The molecule has 8 heteroatoms. The Kier molecular flexibility index (Phi) is 2.78. The van der Waals surface area contributed by atoms with Crippen LogP contribution < -0.4 is 4.72 Å². The summed E-state index contributed by atoms with van der Waals surface area (Å²) in [5.74, 6) is 0.369. The minimum atomic E-state index is -3.48. The zero-order valence-corrected chi connectivity index (χ0v) is 11.1. The molecule has 0 atom stereocenters. The molecule has 0 radical (unpaired) electrons. The first-order chi connectivity index (χ1) is 6.97. The summed E-state index contributed by atoms with van der Waals surface area (Å²) in [6.07, 6.45) is 0. The summed E-state index contributed by atoms with van der Waals surface area (Å²) >= 11 is 9.58. The topological polar surface area (TPSA) is 58.5 Å². The number of aliphatic imine (C=N–C) groups is 1. The van der Waals surface area contributed by atoms with Crippen molar-refractivity contribution in [2.75, 3.05) is 6.54 Å². The predicted octanol–water partition coefficient (Wildman–Crippen LogP) is 1.38. The molecule has 0 bridgehead atoms. The van der Waals surface area contributed by atoms with E-state index >= 15 is 0 Å². The Hall–Kier alpha value is -0.180. The van der Waals surface area contributed by atoms with Gasteiger partial charge in [0.15, 0.2) is 0 Å². The van der Waals surface area contributed by atoms with Crippen molar-refractivity contribution in [3.63, 3.8) is 0 Å². The van der Waals surface area contributed by atoms with Crippen molar-refractivity contribution in [1.82, 2.24) is 4.72 Å². The van der Waals surface area contributed by atoms with Gasteiger partial charge in [-0.3, -0.25) is 9.71 Å². The van der Waals surface area contributed by atoms with Gasteiger partial charge < -0.3 is 0 Å². The molecule has 0 aromatic carbocycles. The lowest BCUT2D eigenvalue weighted by atomic mass is 10.3. The van der Waals surface area contributed by atoms with Gasteiger partial charge in [0.05, 0.1) is 14.0 Å². The second-order valence-electron chi connectivity index (χ2n) is 2.84. The van der Waals surface area contributed by atoms with E-state index in [-0.39, 0.29) is 4.90 Å². The van der Waals surface area contributed by atoms with Crippen LogP contribution >= 0.6 is 36.6 Å². The fourth-order valence-electron chi connectivity index (χ4n) is 1.35. The number of nitrogens with one attached hydrogen (secondary N) is 1. The van der Waals surface area contributed by atoms with E-state index in [1.54, 1.807) is 0 Å². The molecule has 0 unspecified atom stereocenters. The molecule has 2 heterocycles. The molecule has 0 spiro atoms. The first-order valence-corrected chi connectivity index (χ1v) is 7.29. The van der Waals surface area contributed by atoms with E-state index in [1.165, 1.54) is 11.3 Å². The number of nitrogens with zero attached hydrogens (tertiary/aromatic N) is 1. The van der Waals surface area contributed by atoms with Gasteiger partial charge in [0.25, 0.3) is 10.0 Å². The zero-order chi connectivity index (χ0) is 11.2. The second kappa shape index (κ2) is 3.69. The highest BCUT2D eigenvalue weighted by atomic mass is 32.2. The molecule has 1 aromatic heterocycles. The molecule has 0 saturated heterocycles. The van der Waals surface area contributed by atoms with Gasteiger partial charge >= 0.3 is 0 Å². The van der Waals surface area contributed by atoms with Crippen molar-refractivity contribution in [3.8, 4) is 0 Å². The quantitative estimate of drug-likeness (QED) is 0.681. The standard InChI is InChI=1S/C7H8N2O2S4/c1-2-8-5-3-4(15(10,11)9-5)7(13)14-6(3)12/h12-13H,2H2,1H3,(H,8,9). The van der Waals surface area contributed by atoms with Gasteiger partial charge in [0.2, 0.25) is 0 Å². The lowest BCUT2D eigenvalue weighted by Gasteiger charge is -1.98. The molecule has 1 aromatic rings. The maximum absolute atomic E-state index is 11.7. The molecular weight excluding hydrogens is 272 g/mol. The van der Waals surface area contributed by atoms with Crippen LogP contribution in [0.25, 0.3) is 0 Å². The molecule has 1 N–H and O–H groups in total. The largest absolute Gasteiger partial charge is 0.268 e. The highest BCUT2D eigenvalue weighted by molar-refractivity contribution is 7.92. The minimum absolute atomic E-state index is 0.202. The summed E-state index contributed by atoms with van der Waals surface area (Å²) in [6, 6.07) is 0. The van der Waals surface area contributed by atoms with Crippen LogP contribution in [-0.2, 0) is 10.0 Å². The first kappa shape index (κ1) is 11.3. The Balaban J connectivity index is 2.77. The third-order valence-corrected chi connectivity index (χ3v) is 5.36. The van der Waals surface area contributed by atoms with Gasteiger partial charge in [-0.05, 0) is 6.92 Å². The monoisotopic (exact) mass is 280 g/mol. The summed E-state index contributed by atoms with van der Waals surface area (Å²) in [5, 5.41) is 0. The van der Waals surface area contributed by atoms with Gasteiger partial charge in [0.1, 0.15) is 10.7 Å². The Labute approximate surface area is 103 Å². The number of hydrogen-bond donors (Lipinski definition) is 3. The molecule has 0 saturated carbocycles. The second-order valence-corrected chi connectivity index (χ2v) is 6.98. The highest BCUT2D eigenvalue weighted by Gasteiger charge is 2.36. The molecule has 15 heavy (non-hydrogen) atoms. The Bertz CT molecular complexity index is 544. The van der Waals surface area contributed by atoms with E-state index < -0.39 is 10.0 Å². The van der Waals surface area contributed by atoms with Crippen LogP contribution in [-0.4, -0.2) is 20.8 Å². The average Bonchev–Trinajstić information content (AvgIpc) is 2.53. The van der Waals surface area contributed by atoms with Crippen molar-refractivity contribution in [1.29, 1.82) is 0 Å². The minimum Gasteiger partial charge on any atom is -0.268 e. The summed E-state index contributed by atoms with van der Waals surface area (Å²) in [4.78, 5) is 4.29. The zero-order valence-electron chi connectivity index (χ0n) is 7.68. The van der Waals surface area contributed by atoms with E-state index in [0.29, 0.717) is 26.4 Å². The number of rotatable bonds is 1. The smallest absolute Gasteiger partial charge is 0.265 e. The predicted molar refractivity (Wildman–Crippen MR) is 66.2 cm³/mol. The van der Waals surface area contributed by atoms with Crippen LogP contribution in [0.3, 0.4) is 0 Å². The maximum Gasteiger partial charge on any atom is 0.265 e. The van der Waals surface area contributed by atoms with Crippen LogP contribution in [0.4, 0.5) is 0 Å². The van der Waals surface area contributed by atoms with Crippen LogP contribution in [0.15, 0.2) is 18.3 Å². The third kappa shape index (κ3) is 1.69. The number of sulfonamides is 1. The molecule has 0 amide bonds. The van der Waals surface area contributed by atoms with E-state index in [9.17, 15) is 8.42 Å². The summed E-state index contributed by atoms with van der Waals surface area (Å²) in [5.41, 5.74) is 0.551. The average molecular weight is 280 g/mol. The molecule has 0 aliphatic carbocycles. The lowest BCUT2D eigenvalue weighted by Crippen LogP contribution is -2.22. The normalized spacial score (nSPS) is 20.3. The van der Waals surface area contributed by atoms with Crippen LogP contribution in [0.5, 0.6) is 0 Å². The van der Waals surface area contributed by atoms with Crippen LogP contribution in [0.1, 0.15) is 12.5 Å². The number of thiol groups is 2. The molecule has 82 valence electrons. The van der Waals surface area contributed by atoms with Crippen molar-refractivity contribution in [2.24, 2.45) is 4.99 Å². The summed E-state index contributed by atoms with van der Waals surface area (Å²) < 4.78 is 26.9. The molecule has 0 fully saturated rings. The fraction of sp³-hybridized carbons (Fsp3) is 0.286. The Morgan fingerprint density at radius 3 is 2.67 bits per heavy atom. The molecule has 1 aliphatic rings. The van der Waals surface area contributed by atoms with Crippen molar-refractivity contribution in [2.45, 2.75) is 20.2 Å². The van der Waals surface area contributed by atoms with Crippen molar-refractivity contribution in [3.05, 3.63) is 5.56 Å². The highest BCUT2D eigenvalue weighted by Crippen LogP contribution is 2.40. The van der Waals surface area contributed by atoms with Crippen molar-refractivity contribution >= 4 is 52.5 Å². The van der Waals surface area contributed by atoms with Crippen LogP contribution in [0.2, 0.25) is 0 Å². The molecule has 4 nitrogen and oxygen atoms in total. The first-order valence-electron chi connectivity index (χ1n) is 4.09. The van der Waals surface area contributed by atoms with Gasteiger partial charge in [-0.1, -0.05) is 0 Å². The maximum atomic E-state index is 11.7. The number of amidine groups is 1. The number of fused-ring (bicyclic) bond motifs is 1. The van der Waals surface area contributed by atoms with E-state index in [2.05, 4.69) is 35.0 Å². The fourth-order valence-corrected chi connectivity index (χ4v) is 5.30. The third-order valence-electron chi connectivity index (χ3n) is 1.88.